The number of hydrogen-bond donors (Lipinski definition) is 3. The van der Waals surface area contributed by atoms with Gasteiger partial charge in [-0.2, -0.15) is 0 Å². The van der Waals surface area contributed by atoms with Crippen molar-refractivity contribution < 1.29 is 14.6 Å². The second-order valence-electron chi connectivity index (χ2n) is 6.63. The Kier molecular flexibility index (Phi) is 4.94. The summed E-state index contributed by atoms with van der Waals surface area (Å²) in [5.41, 5.74) is 3.09. The van der Waals surface area contributed by atoms with E-state index in [2.05, 4.69) is 46.9 Å². The van der Waals surface area contributed by atoms with Crippen molar-refractivity contribution in [1.82, 2.24) is 10.3 Å². The molecule has 6 nitrogen and oxygen atoms in total. The Morgan fingerprint density at radius 3 is 3.11 bits per heavy atom. The number of carboxylic acids is 1. The Balaban J connectivity index is 1.51. The highest BCUT2D eigenvalue weighted by Gasteiger charge is 2.24. The fraction of sp³-hybridized carbons (Fsp3) is 0.300. The summed E-state index contributed by atoms with van der Waals surface area (Å²) in [5.74, 6) is 0.213. The number of ether oxygens (including phenoxy) is 1. The van der Waals surface area contributed by atoms with Crippen molar-refractivity contribution in [3.8, 4) is 5.75 Å². The van der Waals surface area contributed by atoms with Crippen LogP contribution in [0.1, 0.15) is 40.7 Å². The van der Waals surface area contributed by atoms with Gasteiger partial charge < -0.3 is 20.5 Å². The van der Waals surface area contributed by atoms with E-state index >= 15 is 0 Å². The molecule has 0 saturated carbocycles. The maximum absolute atomic E-state index is 11.4. The predicted molar refractivity (Wildman–Crippen MR) is 107 cm³/mol. The van der Waals surface area contributed by atoms with E-state index in [-0.39, 0.29) is 11.5 Å². The first kappa shape index (κ1) is 17.7. The molecule has 0 aliphatic carbocycles. The van der Waals surface area contributed by atoms with E-state index in [4.69, 9.17) is 4.74 Å². The first-order valence-corrected chi connectivity index (χ1v) is 9.81. The molecule has 3 heterocycles. The van der Waals surface area contributed by atoms with Crippen LogP contribution in [-0.2, 0) is 0 Å². The quantitative estimate of drug-likeness (QED) is 0.725. The van der Waals surface area contributed by atoms with Gasteiger partial charge in [0.05, 0.1) is 29.4 Å². The van der Waals surface area contributed by atoms with Crippen LogP contribution in [0.5, 0.6) is 5.75 Å². The Morgan fingerprint density at radius 2 is 2.33 bits per heavy atom. The molecule has 2 aliphatic heterocycles. The van der Waals surface area contributed by atoms with Gasteiger partial charge in [0.15, 0.2) is 0 Å². The van der Waals surface area contributed by atoms with E-state index < -0.39 is 5.97 Å². The molecule has 2 unspecified atom stereocenters. The average Bonchev–Trinajstić information content (AvgIpc) is 3.12. The first-order chi connectivity index (χ1) is 13.1. The van der Waals surface area contributed by atoms with Crippen molar-refractivity contribution in [3.05, 3.63) is 59.5 Å². The van der Waals surface area contributed by atoms with E-state index in [1.165, 1.54) is 17.2 Å². The van der Waals surface area contributed by atoms with Crippen LogP contribution in [0.25, 0.3) is 4.91 Å². The molecule has 27 heavy (non-hydrogen) atoms. The Morgan fingerprint density at radius 1 is 1.44 bits per heavy atom. The summed E-state index contributed by atoms with van der Waals surface area (Å²) in [6.45, 7) is 3.43. The smallest absolute Gasteiger partial charge is 0.337 e. The lowest BCUT2D eigenvalue weighted by atomic mass is 9.92. The molecule has 1 aromatic carbocycles. The van der Waals surface area contributed by atoms with Crippen molar-refractivity contribution in [3.63, 3.8) is 0 Å². The first-order valence-electron chi connectivity index (χ1n) is 8.93. The van der Waals surface area contributed by atoms with Crippen LogP contribution in [0, 0.1) is 0 Å². The second-order valence-corrected chi connectivity index (χ2v) is 8.01. The minimum atomic E-state index is -0.956. The molecule has 0 saturated heterocycles. The van der Waals surface area contributed by atoms with E-state index in [1.807, 2.05) is 0 Å². The van der Waals surface area contributed by atoms with Gasteiger partial charge in [0.2, 0.25) is 0 Å². The molecule has 140 valence electrons. The lowest BCUT2D eigenvalue weighted by Crippen LogP contribution is -2.21. The molecule has 0 bridgehead atoms. The fourth-order valence-corrected chi connectivity index (χ4v) is 4.30. The molecular formula is C20H21N3O3S. The summed E-state index contributed by atoms with van der Waals surface area (Å²) in [4.78, 5) is 16.6. The third kappa shape index (κ3) is 3.73. The van der Waals surface area contributed by atoms with Crippen molar-refractivity contribution >= 4 is 28.3 Å². The maximum Gasteiger partial charge on any atom is 0.337 e. The van der Waals surface area contributed by atoms with Gasteiger partial charge in [0, 0.05) is 29.8 Å². The van der Waals surface area contributed by atoms with Gasteiger partial charge in [-0.05, 0) is 36.6 Å². The number of nitrogens with zero attached hydrogens (tertiary/aromatic N) is 1. The van der Waals surface area contributed by atoms with Crippen molar-refractivity contribution in [2.24, 2.45) is 0 Å². The summed E-state index contributed by atoms with van der Waals surface area (Å²) in [6, 6.07) is 7.87. The zero-order valence-electron chi connectivity index (χ0n) is 14.9. The molecule has 0 amide bonds. The molecule has 0 radical (unpaired) electrons. The van der Waals surface area contributed by atoms with Crippen LogP contribution >= 0.6 is 11.8 Å². The number of fused-ring (bicyclic) bond motifs is 1. The average molecular weight is 383 g/mol. The SMILES string of the molecule is CC1NC=C(c2ccc3c(c2)OCCC3CNc2cnccc2C(=O)O)S1. The number of carbonyl (C=O) groups is 1. The summed E-state index contributed by atoms with van der Waals surface area (Å²) in [6.07, 6.45) is 5.99. The number of carboxylic acid groups (broad SMARTS) is 1. The Hall–Kier alpha value is -2.67. The number of rotatable bonds is 5. The molecule has 0 spiro atoms. The van der Waals surface area contributed by atoms with Crippen LogP contribution in [0.15, 0.2) is 42.9 Å². The van der Waals surface area contributed by atoms with E-state index in [9.17, 15) is 9.90 Å². The monoisotopic (exact) mass is 383 g/mol. The predicted octanol–water partition coefficient (Wildman–Crippen LogP) is 3.74. The number of aromatic carboxylic acids is 1. The molecule has 2 aliphatic rings. The standard InChI is InChI=1S/C20H21N3O3S/c1-12-22-11-19(27-12)13-2-3-15-14(5-7-26-18(15)8-13)9-23-17-10-21-6-4-16(17)20(24)25/h2-4,6,8,10-12,14,22-23H,5,7,9H2,1H3,(H,24,25). The molecule has 7 heteroatoms. The normalized spacial score (nSPS) is 20.9. The summed E-state index contributed by atoms with van der Waals surface area (Å²) < 4.78 is 5.90. The summed E-state index contributed by atoms with van der Waals surface area (Å²) in [5, 5.41) is 16.3. The Labute approximate surface area is 162 Å². The molecular weight excluding hydrogens is 362 g/mol. The lowest BCUT2D eigenvalue weighted by molar-refractivity contribution is 0.0697. The molecule has 3 N–H and O–H groups in total. The van der Waals surface area contributed by atoms with E-state index in [0.717, 1.165) is 23.3 Å². The number of thioether (sulfide) groups is 1. The number of hydrogen-bond acceptors (Lipinski definition) is 6. The number of nitrogens with one attached hydrogen (secondary N) is 2. The number of benzene rings is 1. The van der Waals surface area contributed by atoms with E-state index in [1.54, 1.807) is 18.0 Å². The highest BCUT2D eigenvalue weighted by molar-refractivity contribution is 8.09. The molecule has 4 rings (SSSR count). The van der Waals surface area contributed by atoms with Crippen LogP contribution in [0.2, 0.25) is 0 Å². The molecule has 1 aromatic heterocycles. The number of aromatic nitrogens is 1. The minimum absolute atomic E-state index is 0.236. The number of anilines is 1. The van der Waals surface area contributed by atoms with Crippen LogP contribution in [0.4, 0.5) is 5.69 Å². The maximum atomic E-state index is 11.4. The van der Waals surface area contributed by atoms with Gasteiger partial charge in [-0.25, -0.2) is 4.79 Å². The molecule has 0 fully saturated rings. The zero-order chi connectivity index (χ0) is 18.8. The highest BCUT2D eigenvalue weighted by atomic mass is 32.2. The topological polar surface area (TPSA) is 83.5 Å². The van der Waals surface area contributed by atoms with Crippen molar-refractivity contribution in [2.45, 2.75) is 24.6 Å². The minimum Gasteiger partial charge on any atom is -0.493 e. The summed E-state index contributed by atoms with van der Waals surface area (Å²) in [7, 11) is 0. The largest absolute Gasteiger partial charge is 0.493 e. The van der Waals surface area contributed by atoms with Gasteiger partial charge in [0.1, 0.15) is 5.75 Å². The molecule has 2 aromatic rings. The van der Waals surface area contributed by atoms with Gasteiger partial charge in [-0.15, -0.1) is 0 Å². The van der Waals surface area contributed by atoms with Crippen LogP contribution < -0.4 is 15.4 Å². The van der Waals surface area contributed by atoms with Crippen LogP contribution in [-0.4, -0.2) is 34.6 Å². The lowest BCUT2D eigenvalue weighted by Gasteiger charge is -2.27. The number of pyridine rings is 1. The zero-order valence-corrected chi connectivity index (χ0v) is 15.8. The summed E-state index contributed by atoms with van der Waals surface area (Å²) >= 11 is 1.80. The van der Waals surface area contributed by atoms with Gasteiger partial charge >= 0.3 is 5.97 Å². The van der Waals surface area contributed by atoms with E-state index in [0.29, 0.717) is 24.2 Å². The van der Waals surface area contributed by atoms with Crippen LogP contribution in [0.3, 0.4) is 0 Å². The second kappa shape index (κ2) is 7.52. The third-order valence-electron chi connectivity index (χ3n) is 4.81. The molecule has 2 atom stereocenters. The highest BCUT2D eigenvalue weighted by Crippen LogP contribution is 2.40. The van der Waals surface area contributed by atoms with Crippen molar-refractivity contribution in [1.29, 1.82) is 0 Å². The van der Waals surface area contributed by atoms with Gasteiger partial charge in [0.25, 0.3) is 0 Å². The van der Waals surface area contributed by atoms with Crippen molar-refractivity contribution in [2.75, 3.05) is 18.5 Å². The van der Waals surface area contributed by atoms with Gasteiger partial charge in [-0.3, -0.25) is 4.98 Å². The Bertz CT molecular complexity index is 900. The fourth-order valence-electron chi connectivity index (χ4n) is 3.39. The third-order valence-corrected chi connectivity index (χ3v) is 5.90. The van der Waals surface area contributed by atoms with Gasteiger partial charge in [-0.1, -0.05) is 23.9 Å².